The van der Waals surface area contributed by atoms with Crippen molar-refractivity contribution < 1.29 is 9.52 Å². The van der Waals surface area contributed by atoms with Gasteiger partial charge >= 0.3 is 0 Å². The number of halogens is 1. The minimum absolute atomic E-state index is 0.419. The van der Waals surface area contributed by atoms with Gasteiger partial charge in [0.2, 0.25) is 0 Å². The average molecular weight is 289 g/mol. The molecule has 0 amide bonds. The second kappa shape index (κ2) is 8.82. The topological polar surface area (TPSA) is 33.4 Å². The maximum atomic E-state index is 9.75. The van der Waals surface area contributed by atoms with E-state index in [1.807, 2.05) is 12.1 Å². The van der Waals surface area contributed by atoms with Gasteiger partial charge in [0.05, 0.1) is 6.26 Å². The molecule has 1 aromatic rings. The van der Waals surface area contributed by atoms with Crippen LogP contribution in [0.25, 0.3) is 0 Å². The second-order valence-electron chi connectivity index (χ2n) is 4.13. The standard InChI is InChI=1S/C13H21BrO2/c14-10-6-4-2-1-3-5-8-12(15)13-9-7-11-16-13/h7,9,11-12,15H,1-6,8,10H2. The maximum Gasteiger partial charge on any atom is 0.132 e. The normalized spacial score (nSPS) is 12.9. The first-order valence-corrected chi connectivity index (χ1v) is 7.24. The van der Waals surface area contributed by atoms with Crippen LogP contribution in [0.2, 0.25) is 0 Å². The van der Waals surface area contributed by atoms with Gasteiger partial charge in [0.15, 0.2) is 0 Å². The number of aliphatic hydroxyl groups excluding tert-OH is 1. The Labute approximate surface area is 106 Å². The van der Waals surface area contributed by atoms with Crippen LogP contribution in [-0.2, 0) is 0 Å². The predicted molar refractivity (Wildman–Crippen MR) is 69.8 cm³/mol. The average Bonchev–Trinajstić information content (AvgIpc) is 2.81. The molecule has 92 valence electrons. The lowest BCUT2D eigenvalue weighted by molar-refractivity contribution is 0.136. The quantitative estimate of drug-likeness (QED) is 0.538. The molecule has 1 N–H and O–H groups in total. The first-order chi connectivity index (χ1) is 7.84. The maximum absolute atomic E-state index is 9.75. The Morgan fingerprint density at radius 3 is 2.44 bits per heavy atom. The molecule has 1 aromatic heterocycles. The Morgan fingerprint density at radius 2 is 1.81 bits per heavy atom. The van der Waals surface area contributed by atoms with Crippen molar-refractivity contribution in [1.29, 1.82) is 0 Å². The van der Waals surface area contributed by atoms with Gasteiger partial charge in [-0.05, 0) is 25.0 Å². The third-order valence-electron chi connectivity index (χ3n) is 2.73. The number of furan rings is 1. The highest BCUT2D eigenvalue weighted by Crippen LogP contribution is 2.20. The zero-order valence-electron chi connectivity index (χ0n) is 9.70. The van der Waals surface area contributed by atoms with Crippen LogP contribution in [0.15, 0.2) is 22.8 Å². The number of rotatable bonds is 9. The highest BCUT2D eigenvalue weighted by Gasteiger charge is 2.08. The van der Waals surface area contributed by atoms with E-state index in [1.165, 1.54) is 32.1 Å². The van der Waals surface area contributed by atoms with Crippen molar-refractivity contribution in [3.05, 3.63) is 24.2 Å². The molecule has 2 nitrogen and oxygen atoms in total. The molecule has 0 aliphatic carbocycles. The van der Waals surface area contributed by atoms with Gasteiger partial charge in [0.1, 0.15) is 11.9 Å². The van der Waals surface area contributed by atoms with Gasteiger partial charge in [-0.3, -0.25) is 0 Å². The molecule has 3 heteroatoms. The molecular formula is C13H21BrO2. The summed E-state index contributed by atoms with van der Waals surface area (Å²) in [6.07, 6.45) is 9.46. The molecule has 0 saturated carbocycles. The van der Waals surface area contributed by atoms with E-state index in [0.29, 0.717) is 5.76 Å². The molecule has 0 aliphatic heterocycles. The van der Waals surface area contributed by atoms with Crippen molar-refractivity contribution in [2.75, 3.05) is 5.33 Å². The first-order valence-electron chi connectivity index (χ1n) is 6.12. The summed E-state index contributed by atoms with van der Waals surface area (Å²) >= 11 is 3.43. The van der Waals surface area contributed by atoms with Crippen LogP contribution >= 0.6 is 15.9 Å². The fourth-order valence-electron chi connectivity index (χ4n) is 1.76. The van der Waals surface area contributed by atoms with Gasteiger partial charge in [-0.15, -0.1) is 0 Å². The van der Waals surface area contributed by atoms with Gasteiger partial charge in [-0.25, -0.2) is 0 Å². The molecule has 1 rings (SSSR count). The number of aliphatic hydroxyl groups is 1. The van der Waals surface area contributed by atoms with E-state index in [-0.39, 0.29) is 0 Å². The summed E-state index contributed by atoms with van der Waals surface area (Å²) in [6.45, 7) is 0. The largest absolute Gasteiger partial charge is 0.467 e. The van der Waals surface area contributed by atoms with Crippen LogP contribution in [0.5, 0.6) is 0 Å². The molecule has 1 heterocycles. The highest BCUT2D eigenvalue weighted by molar-refractivity contribution is 9.09. The number of alkyl halides is 1. The molecule has 0 saturated heterocycles. The van der Waals surface area contributed by atoms with E-state index >= 15 is 0 Å². The van der Waals surface area contributed by atoms with Crippen molar-refractivity contribution in [2.24, 2.45) is 0 Å². The lowest BCUT2D eigenvalue weighted by atomic mass is 10.1. The molecule has 0 aliphatic rings. The Bertz CT molecular complexity index is 246. The van der Waals surface area contributed by atoms with E-state index in [1.54, 1.807) is 6.26 Å². The fraction of sp³-hybridized carbons (Fsp3) is 0.692. The van der Waals surface area contributed by atoms with E-state index < -0.39 is 6.10 Å². The number of hydrogen-bond acceptors (Lipinski definition) is 2. The number of hydrogen-bond donors (Lipinski definition) is 1. The van der Waals surface area contributed by atoms with Gasteiger partial charge in [0, 0.05) is 5.33 Å². The molecule has 16 heavy (non-hydrogen) atoms. The van der Waals surface area contributed by atoms with Crippen molar-refractivity contribution >= 4 is 15.9 Å². The summed E-state index contributed by atoms with van der Waals surface area (Å²) in [5, 5.41) is 10.9. The van der Waals surface area contributed by atoms with Crippen LogP contribution in [0.4, 0.5) is 0 Å². The summed E-state index contributed by atoms with van der Waals surface area (Å²) in [5.41, 5.74) is 0. The fourth-order valence-corrected chi connectivity index (χ4v) is 2.16. The van der Waals surface area contributed by atoms with Crippen molar-refractivity contribution in [2.45, 2.75) is 51.0 Å². The molecular weight excluding hydrogens is 268 g/mol. The van der Waals surface area contributed by atoms with Crippen LogP contribution in [-0.4, -0.2) is 10.4 Å². The molecule has 0 spiro atoms. The third-order valence-corrected chi connectivity index (χ3v) is 3.29. The van der Waals surface area contributed by atoms with Crippen molar-refractivity contribution in [3.63, 3.8) is 0 Å². The monoisotopic (exact) mass is 288 g/mol. The summed E-state index contributed by atoms with van der Waals surface area (Å²) in [5.74, 6) is 0.694. The predicted octanol–water partition coefficient (Wildman–Crippen LogP) is 4.44. The highest BCUT2D eigenvalue weighted by atomic mass is 79.9. The Balaban J connectivity index is 1.95. The zero-order chi connectivity index (χ0) is 11.6. The second-order valence-corrected chi connectivity index (χ2v) is 4.92. The van der Waals surface area contributed by atoms with Gasteiger partial charge < -0.3 is 9.52 Å². The first kappa shape index (κ1) is 13.8. The van der Waals surface area contributed by atoms with Gasteiger partial charge in [-0.1, -0.05) is 48.0 Å². The Kier molecular flexibility index (Phi) is 7.60. The van der Waals surface area contributed by atoms with E-state index in [9.17, 15) is 5.11 Å². The van der Waals surface area contributed by atoms with Crippen molar-refractivity contribution in [3.8, 4) is 0 Å². The third kappa shape index (κ3) is 5.71. The molecule has 0 radical (unpaired) electrons. The van der Waals surface area contributed by atoms with Crippen LogP contribution in [0.3, 0.4) is 0 Å². The molecule has 0 fully saturated rings. The van der Waals surface area contributed by atoms with E-state index in [2.05, 4.69) is 15.9 Å². The number of unbranched alkanes of at least 4 members (excludes halogenated alkanes) is 5. The lowest BCUT2D eigenvalue weighted by Crippen LogP contribution is -1.95. The molecule has 1 atom stereocenters. The molecule has 0 aromatic carbocycles. The molecule has 0 bridgehead atoms. The van der Waals surface area contributed by atoms with Gasteiger partial charge in [0.25, 0.3) is 0 Å². The Morgan fingerprint density at radius 1 is 1.12 bits per heavy atom. The molecule has 1 unspecified atom stereocenters. The van der Waals surface area contributed by atoms with Crippen LogP contribution in [0.1, 0.15) is 56.8 Å². The SMILES string of the molecule is OC(CCCCCCCCBr)c1ccco1. The minimum Gasteiger partial charge on any atom is -0.467 e. The van der Waals surface area contributed by atoms with Crippen molar-refractivity contribution in [1.82, 2.24) is 0 Å². The summed E-state index contributed by atoms with van der Waals surface area (Å²) in [4.78, 5) is 0. The summed E-state index contributed by atoms with van der Waals surface area (Å²) in [6, 6.07) is 3.65. The summed E-state index contributed by atoms with van der Waals surface area (Å²) in [7, 11) is 0. The minimum atomic E-state index is -0.419. The van der Waals surface area contributed by atoms with Gasteiger partial charge in [-0.2, -0.15) is 0 Å². The van der Waals surface area contributed by atoms with Crippen LogP contribution < -0.4 is 0 Å². The summed E-state index contributed by atoms with van der Waals surface area (Å²) < 4.78 is 5.15. The smallest absolute Gasteiger partial charge is 0.132 e. The van der Waals surface area contributed by atoms with E-state index in [0.717, 1.165) is 18.2 Å². The van der Waals surface area contributed by atoms with E-state index in [4.69, 9.17) is 4.42 Å². The van der Waals surface area contributed by atoms with Crippen LogP contribution in [0, 0.1) is 0 Å². The lowest BCUT2D eigenvalue weighted by Gasteiger charge is -2.07. The zero-order valence-corrected chi connectivity index (χ0v) is 11.3. The Hall–Kier alpha value is -0.280.